The van der Waals surface area contributed by atoms with Crippen molar-refractivity contribution in [2.75, 3.05) is 20.1 Å². The summed E-state index contributed by atoms with van der Waals surface area (Å²) in [5.41, 5.74) is 0. The molecule has 3 N–H and O–H groups in total. The smallest absolute Gasteiger partial charge is 0.238 e. The summed E-state index contributed by atoms with van der Waals surface area (Å²) in [6, 6.07) is 0.130. The first kappa shape index (κ1) is 9.48. The number of carbonyl (C=O) groups excluding carboxylic acids is 1. The largest absolute Gasteiger partial charge is 0.358 e. The molecule has 1 fully saturated rings. The third-order valence-electron chi connectivity index (χ3n) is 2.21. The number of hydrogen-bond acceptors (Lipinski definition) is 3. The normalized spacial score (nSPS) is 30.8. The van der Waals surface area contributed by atoms with E-state index in [0.29, 0.717) is 0 Å². The zero-order valence-electron chi connectivity index (χ0n) is 7.68. The van der Waals surface area contributed by atoms with Crippen LogP contribution in [-0.4, -0.2) is 38.1 Å². The number of likely N-dealkylation sites (N-methyl/N-ethyl adjacent to an activating group) is 1. The van der Waals surface area contributed by atoms with Crippen LogP contribution in [0, 0.1) is 0 Å². The minimum atomic E-state index is -0.0856. The lowest BCUT2D eigenvalue weighted by Crippen LogP contribution is -2.52. The predicted octanol–water partition coefficient (Wildman–Crippen LogP) is -0.928. The molecule has 1 heterocycles. The summed E-state index contributed by atoms with van der Waals surface area (Å²) in [7, 11) is 1.67. The molecule has 1 amide bonds. The van der Waals surface area contributed by atoms with Crippen molar-refractivity contribution in [3.63, 3.8) is 0 Å². The van der Waals surface area contributed by atoms with Crippen molar-refractivity contribution in [3.8, 4) is 0 Å². The van der Waals surface area contributed by atoms with Crippen LogP contribution in [0.5, 0.6) is 0 Å². The van der Waals surface area contributed by atoms with Crippen molar-refractivity contribution >= 4 is 5.91 Å². The monoisotopic (exact) mass is 171 g/mol. The van der Waals surface area contributed by atoms with Gasteiger partial charge < -0.3 is 16.0 Å². The summed E-state index contributed by atoms with van der Waals surface area (Å²) in [6.45, 7) is 3.93. The van der Waals surface area contributed by atoms with E-state index in [1.54, 1.807) is 7.05 Å². The molecule has 1 aliphatic rings. The average molecular weight is 171 g/mol. The first-order valence-electron chi connectivity index (χ1n) is 4.44. The molecule has 0 aromatic heterocycles. The van der Waals surface area contributed by atoms with E-state index in [9.17, 15) is 4.79 Å². The first-order valence-corrected chi connectivity index (χ1v) is 4.44. The Morgan fingerprint density at radius 3 is 2.75 bits per heavy atom. The Morgan fingerprint density at radius 1 is 1.42 bits per heavy atom. The Balaban J connectivity index is 2.52. The summed E-state index contributed by atoms with van der Waals surface area (Å²) < 4.78 is 0. The summed E-state index contributed by atoms with van der Waals surface area (Å²) in [5.74, 6) is 0.0666. The highest BCUT2D eigenvalue weighted by Crippen LogP contribution is 1.97. The molecule has 12 heavy (non-hydrogen) atoms. The summed E-state index contributed by atoms with van der Waals surface area (Å²) in [6.07, 6.45) is 1.08. The number of rotatable bonds is 1. The standard InChI is InChI=1S/C8H17N3O/c1-6-7(8(12)9-2)11-5-3-4-10-6/h6-7,10-11H,3-5H2,1-2H3,(H,9,12). The van der Waals surface area contributed by atoms with Gasteiger partial charge in [0, 0.05) is 13.1 Å². The van der Waals surface area contributed by atoms with Gasteiger partial charge in [-0.1, -0.05) is 0 Å². The van der Waals surface area contributed by atoms with Crippen molar-refractivity contribution in [2.24, 2.45) is 0 Å². The van der Waals surface area contributed by atoms with Gasteiger partial charge in [-0.2, -0.15) is 0 Å². The van der Waals surface area contributed by atoms with Gasteiger partial charge in [0.25, 0.3) is 0 Å². The SMILES string of the molecule is CNC(=O)C1NCCCNC1C. The van der Waals surface area contributed by atoms with Gasteiger partial charge in [0.05, 0.1) is 0 Å². The van der Waals surface area contributed by atoms with Crippen LogP contribution in [0.3, 0.4) is 0 Å². The van der Waals surface area contributed by atoms with Crippen molar-refractivity contribution in [1.82, 2.24) is 16.0 Å². The van der Waals surface area contributed by atoms with Crippen LogP contribution < -0.4 is 16.0 Å². The molecule has 0 aliphatic carbocycles. The van der Waals surface area contributed by atoms with Crippen LogP contribution in [0.1, 0.15) is 13.3 Å². The lowest BCUT2D eigenvalue weighted by molar-refractivity contribution is -0.123. The lowest BCUT2D eigenvalue weighted by atomic mass is 10.1. The van der Waals surface area contributed by atoms with E-state index in [0.717, 1.165) is 19.5 Å². The molecular formula is C8H17N3O. The number of amides is 1. The number of hydrogen-bond donors (Lipinski definition) is 3. The molecule has 0 aromatic carbocycles. The molecule has 0 radical (unpaired) electrons. The highest BCUT2D eigenvalue weighted by molar-refractivity contribution is 5.82. The van der Waals surface area contributed by atoms with Crippen molar-refractivity contribution < 1.29 is 4.79 Å². The summed E-state index contributed by atoms with van der Waals surface area (Å²) in [4.78, 5) is 11.3. The van der Waals surface area contributed by atoms with E-state index < -0.39 is 0 Å². The van der Waals surface area contributed by atoms with Gasteiger partial charge >= 0.3 is 0 Å². The van der Waals surface area contributed by atoms with Crippen molar-refractivity contribution in [2.45, 2.75) is 25.4 Å². The minimum Gasteiger partial charge on any atom is -0.358 e. The van der Waals surface area contributed by atoms with Gasteiger partial charge in [0.15, 0.2) is 0 Å². The molecule has 1 aliphatic heterocycles. The molecule has 4 nitrogen and oxygen atoms in total. The van der Waals surface area contributed by atoms with Gasteiger partial charge in [-0.15, -0.1) is 0 Å². The molecule has 2 unspecified atom stereocenters. The lowest BCUT2D eigenvalue weighted by Gasteiger charge is -2.20. The van der Waals surface area contributed by atoms with Gasteiger partial charge in [0.2, 0.25) is 5.91 Å². The van der Waals surface area contributed by atoms with Crippen LogP contribution in [0.25, 0.3) is 0 Å². The maximum Gasteiger partial charge on any atom is 0.238 e. The fraction of sp³-hybridized carbons (Fsp3) is 0.875. The fourth-order valence-electron chi connectivity index (χ4n) is 1.45. The molecule has 2 atom stereocenters. The number of nitrogens with one attached hydrogen (secondary N) is 3. The zero-order chi connectivity index (χ0) is 8.97. The molecule has 0 saturated carbocycles. The Bertz CT molecular complexity index is 160. The molecule has 70 valence electrons. The van der Waals surface area contributed by atoms with E-state index in [-0.39, 0.29) is 18.0 Å². The van der Waals surface area contributed by atoms with Gasteiger partial charge in [-0.3, -0.25) is 4.79 Å². The van der Waals surface area contributed by atoms with Crippen LogP contribution in [-0.2, 0) is 4.79 Å². The fourth-order valence-corrected chi connectivity index (χ4v) is 1.45. The molecule has 0 bridgehead atoms. The molecule has 0 aromatic rings. The van der Waals surface area contributed by atoms with E-state index in [1.165, 1.54) is 0 Å². The van der Waals surface area contributed by atoms with E-state index in [2.05, 4.69) is 16.0 Å². The second-order valence-electron chi connectivity index (χ2n) is 3.14. The summed E-state index contributed by atoms with van der Waals surface area (Å²) in [5, 5.41) is 9.15. The Kier molecular flexibility index (Phi) is 3.49. The Labute approximate surface area is 73.1 Å². The molecule has 1 rings (SSSR count). The van der Waals surface area contributed by atoms with Gasteiger partial charge in [-0.25, -0.2) is 0 Å². The zero-order valence-corrected chi connectivity index (χ0v) is 7.68. The van der Waals surface area contributed by atoms with Crippen LogP contribution in [0.2, 0.25) is 0 Å². The topological polar surface area (TPSA) is 53.2 Å². The maximum atomic E-state index is 11.3. The van der Waals surface area contributed by atoms with Crippen LogP contribution in [0.15, 0.2) is 0 Å². The highest BCUT2D eigenvalue weighted by atomic mass is 16.2. The molecule has 0 spiro atoms. The molecule has 1 saturated heterocycles. The maximum absolute atomic E-state index is 11.3. The summed E-state index contributed by atoms with van der Waals surface area (Å²) >= 11 is 0. The van der Waals surface area contributed by atoms with Crippen molar-refractivity contribution in [1.29, 1.82) is 0 Å². The van der Waals surface area contributed by atoms with Gasteiger partial charge in [0.1, 0.15) is 6.04 Å². The third-order valence-corrected chi connectivity index (χ3v) is 2.21. The van der Waals surface area contributed by atoms with Crippen LogP contribution in [0.4, 0.5) is 0 Å². The quantitative estimate of drug-likeness (QED) is 0.478. The van der Waals surface area contributed by atoms with E-state index in [1.807, 2.05) is 6.92 Å². The van der Waals surface area contributed by atoms with Crippen LogP contribution >= 0.6 is 0 Å². The minimum absolute atomic E-state index is 0.0666. The third kappa shape index (κ3) is 2.19. The van der Waals surface area contributed by atoms with E-state index >= 15 is 0 Å². The second kappa shape index (κ2) is 4.42. The second-order valence-corrected chi connectivity index (χ2v) is 3.14. The first-order chi connectivity index (χ1) is 5.75. The Morgan fingerprint density at radius 2 is 2.08 bits per heavy atom. The number of carbonyl (C=O) groups is 1. The highest BCUT2D eigenvalue weighted by Gasteiger charge is 2.24. The van der Waals surface area contributed by atoms with Gasteiger partial charge in [-0.05, 0) is 26.4 Å². The molecule has 4 heteroatoms. The van der Waals surface area contributed by atoms with Crippen molar-refractivity contribution in [3.05, 3.63) is 0 Å². The van der Waals surface area contributed by atoms with E-state index in [4.69, 9.17) is 0 Å². The predicted molar refractivity (Wildman–Crippen MR) is 47.9 cm³/mol. The Hall–Kier alpha value is -0.610. The molecular weight excluding hydrogens is 154 g/mol. The average Bonchev–Trinajstić information content (AvgIpc) is 2.28.